The van der Waals surface area contributed by atoms with Gasteiger partial charge in [0.1, 0.15) is 7.11 Å². The van der Waals surface area contributed by atoms with Crippen LogP contribution < -0.4 is 0 Å². The van der Waals surface area contributed by atoms with Crippen LogP contribution in [0, 0.1) is 0 Å². The second-order valence-corrected chi connectivity index (χ2v) is 3.99. The Morgan fingerprint density at radius 3 is 2.71 bits per heavy atom. The van der Waals surface area contributed by atoms with Crippen LogP contribution in [0.3, 0.4) is 0 Å². The van der Waals surface area contributed by atoms with E-state index in [-0.39, 0.29) is 0 Å². The third-order valence-corrected chi connectivity index (χ3v) is 2.53. The molecule has 0 N–H and O–H groups in total. The number of rotatable bonds is 8. The van der Waals surface area contributed by atoms with E-state index >= 15 is 0 Å². The van der Waals surface area contributed by atoms with Crippen molar-refractivity contribution in [1.29, 1.82) is 0 Å². The second-order valence-electron chi connectivity index (χ2n) is 3.99. The molecule has 0 aromatic rings. The van der Waals surface area contributed by atoms with E-state index in [4.69, 9.17) is 4.84 Å². The van der Waals surface area contributed by atoms with E-state index in [1.807, 2.05) is 6.92 Å². The number of allylic oxidation sites excluding steroid dienone is 2. The number of unbranched alkanes of at least 4 members (excludes halogenated alkanes) is 3. The van der Waals surface area contributed by atoms with Crippen LogP contribution in [0.25, 0.3) is 0 Å². The van der Waals surface area contributed by atoms with Crippen LogP contribution in [0.2, 0.25) is 0 Å². The van der Waals surface area contributed by atoms with Crippen LogP contribution in [0.4, 0.5) is 0 Å². The van der Waals surface area contributed by atoms with Crippen molar-refractivity contribution in [3.63, 3.8) is 0 Å². The van der Waals surface area contributed by atoms with Crippen LogP contribution in [-0.2, 0) is 4.84 Å². The molecule has 2 heteroatoms. The van der Waals surface area contributed by atoms with Crippen molar-refractivity contribution >= 4 is 5.71 Å². The summed E-state index contributed by atoms with van der Waals surface area (Å²) >= 11 is 0. The zero-order chi connectivity index (χ0) is 10.2. The van der Waals surface area contributed by atoms with E-state index in [0.717, 1.165) is 12.1 Å². The van der Waals surface area contributed by atoms with Gasteiger partial charge in [0.25, 0.3) is 0 Å². The SMILES string of the molecule is CON=C(C)CCCCCCC1=CC1. The van der Waals surface area contributed by atoms with Crippen molar-refractivity contribution in [2.75, 3.05) is 7.11 Å². The first-order chi connectivity index (χ1) is 6.83. The van der Waals surface area contributed by atoms with Crippen molar-refractivity contribution in [3.8, 4) is 0 Å². The smallest absolute Gasteiger partial charge is 0.106 e. The highest BCUT2D eigenvalue weighted by Crippen LogP contribution is 2.24. The molecule has 14 heavy (non-hydrogen) atoms. The maximum absolute atomic E-state index is 4.70. The predicted molar refractivity (Wildman–Crippen MR) is 60.5 cm³/mol. The third kappa shape index (κ3) is 5.79. The fourth-order valence-corrected chi connectivity index (χ4v) is 1.56. The van der Waals surface area contributed by atoms with Crippen molar-refractivity contribution < 1.29 is 4.84 Å². The topological polar surface area (TPSA) is 21.6 Å². The van der Waals surface area contributed by atoms with Crippen LogP contribution in [0.1, 0.15) is 51.9 Å². The van der Waals surface area contributed by atoms with Gasteiger partial charge in [0, 0.05) is 0 Å². The van der Waals surface area contributed by atoms with Crippen molar-refractivity contribution in [1.82, 2.24) is 0 Å². The number of oxime groups is 1. The summed E-state index contributed by atoms with van der Waals surface area (Å²) in [6.07, 6.45) is 11.3. The van der Waals surface area contributed by atoms with Gasteiger partial charge in [0.15, 0.2) is 0 Å². The second kappa shape index (κ2) is 6.63. The maximum atomic E-state index is 4.70. The summed E-state index contributed by atoms with van der Waals surface area (Å²) in [5.74, 6) is 0. The van der Waals surface area contributed by atoms with Gasteiger partial charge in [-0.05, 0) is 39.0 Å². The minimum Gasteiger partial charge on any atom is -0.399 e. The van der Waals surface area contributed by atoms with Crippen molar-refractivity contribution in [3.05, 3.63) is 11.6 Å². The molecule has 0 aromatic heterocycles. The van der Waals surface area contributed by atoms with E-state index in [9.17, 15) is 0 Å². The first kappa shape index (κ1) is 11.3. The summed E-state index contributed by atoms with van der Waals surface area (Å²) in [6.45, 7) is 2.03. The molecule has 0 aliphatic heterocycles. The Labute approximate surface area is 87.0 Å². The average molecular weight is 195 g/mol. The molecule has 0 radical (unpaired) electrons. The molecule has 0 saturated heterocycles. The molecule has 1 aliphatic rings. The van der Waals surface area contributed by atoms with E-state index in [1.54, 1.807) is 12.7 Å². The molecule has 1 aliphatic carbocycles. The number of hydrogen-bond acceptors (Lipinski definition) is 2. The van der Waals surface area contributed by atoms with Crippen molar-refractivity contribution in [2.45, 2.75) is 51.9 Å². The van der Waals surface area contributed by atoms with Gasteiger partial charge in [-0.15, -0.1) is 0 Å². The Morgan fingerprint density at radius 2 is 2.07 bits per heavy atom. The fraction of sp³-hybridized carbons (Fsp3) is 0.750. The summed E-state index contributed by atoms with van der Waals surface area (Å²) in [7, 11) is 1.60. The molecule has 1 rings (SSSR count). The lowest BCUT2D eigenvalue weighted by molar-refractivity contribution is 0.212. The average Bonchev–Trinajstić information content (AvgIpc) is 2.95. The molecule has 0 aromatic carbocycles. The number of hydrogen-bond donors (Lipinski definition) is 0. The van der Waals surface area contributed by atoms with Gasteiger partial charge in [-0.3, -0.25) is 0 Å². The summed E-state index contributed by atoms with van der Waals surface area (Å²) in [4.78, 5) is 4.70. The van der Waals surface area contributed by atoms with Crippen LogP contribution >= 0.6 is 0 Å². The molecule has 0 bridgehead atoms. The minimum absolute atomic E-state index is 1.08. The van der Waals surface area contributed by atoms with Gasteiger partial charge >= 0.3 is 0 Å². The molecule has 0 heterocycles. The first-order valence-corrected chi connectivity index (χ1v) is 5.57. The zero-order valence-electron chi connectivity index (χ0n) is 9.38. The Morgan fingerprint density at radius 1 is 1.36 bits per heavy atom. The lowest BCUT2D eigenvalue weighted by Gasteiger charge is -2.00. The molecule has 0 atom stereocenters. The summed E-state index contributed by atoms with van der Waals surface area (Å²) in [5, 5.41) is 3.89. The van der Waals surface area contributed by atoms with Gasteiger partial charge in [-0.2, -0.15) is 0 Å². The van der Waals surface area contributed by atoms with Gasteiger partial charge < -0.3 is 4.84 Å². The number of nitrogens with zero attached hydrogens (tertiary/aromatic N) is 1. The molecule has 0 amide bonds. The monoisotopic (exact) mass is 195 g/mol. The van der Waals surface area contributed by atoms with Crippen LogP contribution in [0.15, 0.2) is 16.8 Å². The van der Waals surface area contributed by atoms with Crippen LogP contribution in [0.5, 0.6) is 0 Å². The molecule has 2 nitrogen and oxygen atoms in total. The normalized spacial score (nSPS) is 15.3. The highest BCUT2D eigenvalue weighted by molar-refractivity contribution is 5.81. The highest BCUT2D eigenvalue weighted by atomic mass is 16.6. The van der Waals surface area contributed by atoms with E-state index in [2.05, 4.69) is 11.2 Å². The quantitative estimate of drug-likeness (QED) is 0.250. The fourth-order valence-electron chi connectivity index (χ4n) is 1.56. The van der Waals surface area contributed by atoms with E-state index in [1.165, 1.54) is 38.5 Å². The van der Waals surface area contributed by atoms with Gasteiger partial charge in [-0.1, -0.05) is 29.6 Å². The maximum Gasteiger partial charge on any atom is 0.106 e. The van der Waals surface area contributed by atoms with Gasteiger partial charge in [0.05, 0.1) is 5.71 Å². The molecule has 0 fully saturated rings. The summed E-state index contributed by atoms with van der Waals surface area (Å²) in [5.41, 5.74) is 2.78. The molecular weight excluding hydrogens is 174 g/mol. The third-order valence-electron chi connectivity index (χ3n) is 2.53. The zero-order valence-corrected chi connectivity index (χ0v) is 9.38. The summed E-state index contributed by atoms with van der Waals surface area (Å²) < 4.78 is 0. The Hall–Kier alpha value is -0.790. The van der Waals surface area contributed by atoms with Crippen molar-refractivity contribution in [2.24, 2.45) is 5.16 Å². The van der Waals surface area contributed by atoms with Gasteiger partial charge in [0.2, 0.25) is 0 Å². The first-order valence-electron chi connectivity index (χ1n) is 5.57. The standard InChI is InChI=1S/C12H21NO/c1-11(13-14-2)7-5-3-4-6-8-12-9-10-12/h9H,3-8,10H2,1-2H3. The van der Waals surface area contributed by atoms with E-state index < -0.39 is 0 Å². The molecule has 0 saturated carbocycles. The Bertz CT molecular complexity index is 218. The predicted octanol–water partition coefficient (Wildman–Crippen LogP) is 3.68. The Kier molecular flexibility index (Phi) is 5.35. The lowest BCUT2D eigenvalue weighted by atomic mass is 10.1. The summed E-state index contributed by atoms with van der Waals surface area (Å²) in [6, 6.07) is 0. The largest absolute Gasteiger partial charge is 0.399 e. The molecular formula is C12H21NO. The molecule has 0 spiro atoms. The molecule has 80 valence electrons. The van der Waals surface area contributed by atoms with Gasteiger partial charge in [-0.25, -0.2) is 0 Å². The minimum atomic E-state index is 1.08. The lowest BCUT2D eigenvalue weighted by Crippen LogP contribution is -1.92. The highest BCUT2D eigenvalue weighted by Gasteiger charge is 2.05. The van der Waals surface area contributed by atoms with Crippen LogP contribution in [-0.4, -0.2) is 12.8 Å². The van der Waals surface area contributed by atoms with E-state index in [0.29, 0.717) is 0 Å². The Balaban J connectivity index is 1.83. The molecule has 0 unspecified atom stereocenters.